The van der Waals surface area contributed by atoms with E-state index in [-0.39, 0.29) is 60.8 Å². The van der Waals surface area contributed by atoms with Crippen molar-refractivity contribution in [2.75, 3.05) is 30.4 Å². The maximum atomic E-state index is 14.8. The molecule has 4 bridgehead atoms. The number of nitrogens with one attached hydrogen (secondary N) is 1. The normalized spacial score (nSPS) is 30.3. The highest BCUT2D eigenvalue weighted by Gasteiger charge is 2.44. The number of ether oxygens (including phenoxy) is 4. The zero-order valence-electron chi connectivity index (χ0n) is 36.8. The van der Waals surface area contributed by atoms with Crippen LogP contribution in [0.3, 0.4) is 0 Å². The molecule has 16 heteroatoms. The molecule has 0 unspecified atom stereocenters. The molecule has 16 nitrogen and oxygen atoms in total. The Labute approximate surface area is 363 Å². The number of aliphatic hydroxyl groups excluding tert-OH is 3. The van der Waals surface area contributed by atoms with Crippen molar-refractivity contribution < 1.29 is 53.4 Å². The van der Waals surface area contributed by atoms with Crippen LogP contribution < -0.4 is 31.0 Å². The number of carbonyl (C=O) groups excluding carboxylic acids is 2. The first-order valence-electron chi connectivity index (χ1n) is 21.2. The Balaban J connectivity index is 1.49. The summed E-state index contributed by atoms with van der Waals surface area (Å²) in [4.78, 5) is 61.6. The summed E-state index contributed by atoms with van der Waals surface area (Å²) >= 11 is 0. The number of hydrogen-bond donors (Lipinski definition) is 5. The van der Waals surface area contributed by atoms with Gasteiger partial charge in [0.2, 0.25) is 10.9 Å². The summed E-state index contributed by atoms with van der Waals surface area (Å²) in [5.74, 6) is -6.88. The predicted molar refractivity (Wildman–Crippen MR) is 236 cm³/mol. The molecule has 1 amide bonds. The van der Waals surface area contributed by atoms with Gasteiger partial charge in [-0.05, 0) is 32.8 Å². The number of esters is 1. The number of aliphatic hydroxyl groups is 3. The van der Waals surface area contributed by atoms with E-state index in [9.17, 15) is 39.6 Å². The number of fused-ring (bicyclic) bond motifs is 2. The second-order valence-corrected chi connectivity index (χ2v) is 17.2. The van der Waals surface area contributed by atoms with E-state index in [1.165, 1.54) is 59.3 Å². The van der Waals surface area contributed by atoms with E-state index >= 15 is 0 Å². The lowest BCUT2D eigenvalue weighted by atomic mass is 9.78. The number of rotatable bonds is 3. The second kappa shape index (κ2) is 17.3. The Morgan fingerprint density at radius 1 is 0.952 bits per heavy atom. The summed E-state index contributed by atoms with van der Waals surface area (Å²) in [5, 5.41) is 49.0. The van der Waals surface area contributed by atoms with Crippen molar-refractivity contribution in [2.24, 2.45) is 23.7 Å². The summed E-state index contributed by atoms with van der Waals surface area (Å²) in [6.07, 6.45) is 5.46. The van der Waals surface area contributed by atoms with Gasteiger partial charge in [0.05, 0.1) is 35.2 Å². The number of anilines is 2. The maximum absolute atomic E-state index is 14.8. The summed E-state index contributed by atoms with van der Waals surface area (Å²) < 4.78 is 30.3. The van der Waals surface area contributed by atoms with E-state index in [0.717, 1.165) is 25.9 Å². The molecule has 4 aromatic rings. The number of allylic oxidation sites excluding steroid dienone is 2. The molecule has 0 spiro atoms. The summed E-state index contributed by atoms with van der Waals surface area (Å²) in [5.41, 5.74) is -1.30. The molecule has 0 aliphatic carbocycles. The number of phenolic OH excluding ortho intramolecular Hbond substituents is 1. The monoisotopic (exact) mass is 869 g/mol. The minimum Gasteiger partial charge on any atom is -0.507 e. The van der Waals surface area contributed by atoms with Gasteiger partial charge >= 0.3 is 11.8 Å². The van der Waals surface area contributed by atoms with Crippen LogP contribution >= 0.6 is 0 Å². The topological polar surface area (TPSA) is 227 Å². The van der Waals surface area contributed by atoms with Gasteiger partial charge in [-0.3, -0.25) is 19.2 Å². The van der Waals surface area contributed by atoms with Crippen molar-refractivity contribution in [3.8, 4) is 11.5 Å². The van der Waals surface area contributed by atoms with Crippen LogP contribution in [0.1, 0.15) is 66.9 Å². The average Bonchev–Trinajstić information content (AvgIpc) is 3.89. The molecule has 1 aromatic heterocycles. The first kappa shape index (κ1) is 45.1. The van der Waals surface area contributed by atoms with E-state index in [1.807, 2.05) is 4.90 Å². The van der Waals surface area contributed by atoms with Crippen molar-refractivity contribution in [2.45, 2.75) is 98.4 Å². The number of nitrogens with zero attached hydrogens (tertiary/aromatic N) is 2. The fraction of sp³-hybridized carbons (Fsp3) is 0.468. The molecule has 3 aromatic carbocycles. The third kappa shape index (κ3) is 8.00. The number of hydrogen-bond acceptors (Lipinski definition) is 15. The van der Waals surface area contributed by atoms with Crippen LogP contribution in [0.5, 0.6) is 11.5 Å². The number of aromatic hydroxyl groups is 1. The number of carbonyl (C=O) groups is 2. The quantitative estimate of drug-likeness (QED) is 0.102. The number of phenols is 1. The molecule has 0 saturated carbocycles. The molecule has 63 heavy (non-hydrogen) atoms. The first-order valence-corrected chi connectivity index (χ1v) is 21.2. The van der Waals surface area contributed by atoms with Crippen molar-refractivity contribution in [1.29, 1.82) is 0 Å². The molecule has 5 N–H and O–H groups in total. The van der Waals surface area contributed by atoms with E-state index in [1.54, 1.807) is 45.9 Å². The van der Waals surface area contributed by atoms with Gasteiger partial charge in [0.1, 0.15) is 28.8 Å². The molecule has 1 saturated heterocycles. The van der Waals surface area contributed by atoms with Crippen LogP contribution in [0.25, 0.3) is 38.7 Å². The largest absolute Gasteiger partial charge is 0.507 e. The Kier molecular flexibility index (Phi) is 12.4. The zero-order chi connectivity index (χ0) is 45.8. The third-order valence-corrected chi connectivity index (χ3v) is 12.9. The zero-order valence-corrected chi connectivity index (χ0v) is 36.8. The van der Waals surface area contributed by atoms with Gasteiger partial charge in [-0.2, -0.15) is 0 Å². The fourth-order valence-corrected chi connectivity index (χ4v) is 9.03. The van der Waals surface area contributed by atoms with Gasteiger partial charge in [0, 0.05) is 92.1 Å². The third-order valence-electron chi connectivity index (χ3n) is 12.9. The molecule has 1 fully saturated rings. The number of aromatic nitrogens is 1. The van der Waals surface area contributed by atoms with Gasteiger partial charge in [-0.15, -0.1) is 0 Å². The van der Waals surface area contributed by atoms with E-state index in [0.29, 0.717) is 5.69 Å². The highest BCUT2D eigenvalue weighted by atomic mass is 16.7. The van der Waals surface area contributed by atoms with Gasteiger partial charge in [0.15, 0.2) is 22.4 Å². The van der Waals surface area contributed by atoms with Gasteiger partial charge in [-0.1, -0.05) is 45.9 Å². The van der Waals surface area contributed by atoms with Crippen LogP contribution in [0.4, 0.5) is 11.4 Å². The standard InChI is InChI=1S/C47H55N3O13/c1-21-13-12-14-22(2)46(58)49-37-41(56)33-32(36-44(37)62-31-20-28(50-16-10-11-17-50)19-29(52)35(31)48-36)34-43(26(6)40(33)55)63-47(8,45(34)57)60-18-15-30(59-9)23(3)42(61-27(7)51)25(5)39(54)24(4)38(21)53/h12-15,18-21,23-25,30,38-39,42,53-55,57H,10-11,16-17H2,1-9H3,(H,49,58)/b13-12+,18-15-,22-14+/t21-,23+,24+,25+,30-,38-,39+,42+,47-/m0/s1. The Morgan fingerprint density at radius 3 is 2.32 bits per heavy atom. The lowest BCUT2D eigenvalue weighted by molar-refractivity contribution is -0.160. The molecule has 336 valence electrons. The number of amides is 1. The summed E-state index contributed by atoms with van der Waals surface area (Å²) in [7, 11) is 1.44. The highest BCUT2D eigenvalue weighted by Crippen LogP contribution is 2.42. The second-order valence-electron chi connectivity index (χ2n) is 17.2. The van der Waals surface area contributed by atoms with Crippen LogP contribution in [-0.4, -0.2) is 87.7 Å². The SMILES string of the molecule is CO[C@H]1/C=C\O[C@@]2(C)Oc3c(C)c(O)c4c(=O)c(c5oc6cc(N7CCCC7)cc(=O)c6nc5c4c3=C2O)NC(=O)/C(C)=C/C=C/[C@H](C)[C@H](O)[C@@H](C)[C@@H](O)[C@@H](C)[C@H](OC(C)=O)[C@@H]1C. The molecule has 3 aliphatic heterocycles. The van der Waals surface area contributed by atoms with E-state index < -0.39 is 88.1 Å². The van der Waals surface area contributed by atoms with E-state index in [4.69, 9.17) is 28.3 Å². The Hall–Kier alpha value is -5.97. The molecule has 4 heterocycles. The van der Waals surface area contributed by atoms with Crippen molar-refractivity contribution in [1.82, 2.24) is 4.98 Å². The van der Waals surface area contributed by atoms with Crippen LogP contribution in [0.15, 0.2) is 62.3 Å². The van der Waals surface area contributed by atoms with Crippen molar-refractivity contribution in [3.63, 3.8) is 0 Å². The maximum Gasteiger partial charge on any atom is 0.307 e. The average molecular weight is 870 g/mol. The molecule has 9 atom stereocenters. The Bertz CT molecular complexity index is 2770. The number of benzene rings is 3. The lowest BCUT2D eigenvalue weighted by Crippen LogP contribution is -2.46. The minimum atomic E-state index is -1.97. The van der Waals surface area contributed by atoms with Gasteiger partial charge < -0.3 is 54.0 Å². The van der Waals surface area contributed by atoms with Crippen molar-refractivity contribution >= 4 is 62.0 Å². The molecule has 3 aliphatic rings. The molecular weight excluding hydrogens is 815 g/mol. The Morgan fingerprint density at radius 2 is 1.65 bits per heavy atom. The first-order chi connectivity index (χ1) is 29.8. The van der Waals surface area contributed by atoms with E-state index in [2.05, 4.69) is 5.32 Å². The number of methoxy groups -OCH3 is 1. The summed E-state index contributed by atoms with van der Waals surface area (Å²) in [6.45, 7) is 14.1. The summed E-state index contributed by atoms with van der Waals surface area (Å²) in [6, 6.07) is 3.12. The minimum absolute atomic E-state index is 0.0457. The fourth-order valence-electron chi connectivity index (χ4n) is 9.03. The highest BCUT2D eigenvalue weighted by molar-refractivity contribution is 6.16. The van der Waals surface area contributed by atoms with Crippen LogP contribution in [-0.2, 0) is 23.8 Å². The van der Waals surface area contributed by atoms with Crippen LogP contribution in [0.2, 0.25) is 0 Å². The van der Waals surface area contributed by atoms with Crippen LogP contribution in [0, 0.1) is 30.6 Å². The molecular formula is C47H55N3O13. The molecule has 0 radical (unpaired) electrons. The van der Waals surface area contributed by atoms with Gasteiger partial charge in [-0.25, -0.2) is 4.98 Å². The van der Waals surface area contributed by atoms with Gasteiger partial charge in [0.25, 0.3) is 5.91 Å². The van der Waals surface area contributed by atoms with Crippen molar-refractivity contribution in [3.05, 3.63) is 79.5 Å². The molecule has 7 rings (SSSR count). The smallest absolute Gasteiger partial charge is 0.307 e. The lowest BCUT2D eigenvalue weighted by Gasteiger charge is -2.38. The predicted octanol–water partition coefficient (Wildman–Crippen LogP) is 5.16.